The van der Waals surface area contributed by atoms with Gasteiger partial charge in [0.1, 0.15) is 5.82 Å². The molecule has 0 unspecified atom stereocenters. The van der Waals surface area contributed by atoms with Crippen LogP contribution in [0, 0.1) is 11.2 Å². The van der Waals surface area contributed by atoms with Crippen molar-refractivity contribution >= 4 is 5.91 Å². The number of halogens is 1. The Hall–Kier alpha value is -2.32. The zero-order valence-electron chi connectivity index (χ0n) is 16.2. The summed E-state index contributed by atoms with van der Waals surface area (Å²) in [6, 6.07) is 6.02. The molecule has 0 radical (unpaired) electrons. The average molecular weight is 388 g/mol. The summed E-state index contributed by atoms with van der Waals surface area (Å²) in [6.07, 6.45) is 1.72. The topological polar surface area (TPSA) is 71.7 Å². The maximum Gasteiger partial charge on any atom is 0.236 e. The van der Waals surface area contributed by atoms with Crippen molar-refractivity contribution in [2.24, 2.45) is 5.41 Å². The summed E-state index contributed by atoms with van der Waals surface area (Å²) >= 11 is 0. The van der Waals surface area contributed by atoms with Crippen molar-refractivity contribution < 1.29 is 18.4 Å². The lowest BCUT2D eigenvalue weighted by molar-refractivity contribution is -0.131. The van der Waals surface area contributed by atoms with Gasteiger partial charge in [-0.3, -0.25) is 4.79 Å². The van der Waals surface area contributed by atoms with Gasteiger partial charge >= 0.3 is 0 Å². The first-order chi connectivity index (χ1) is 13.5. The molecule has 0 saturated carbocycles. The Morgan fingerprint density at radius 3 is 2.68 bits per heavy atom. The molecule has 0 N–H and O–H groups in total. The lowest BCUT2D eigenvalue weighted by Crippen LogP contribution is -2.39. The van der Waals surface area contributed by atoms with Gasteiger partial charge in [0, 0.05) is 37.3 Å². The summed E-state index contributed by atoms with van der Waals surface area (Å²) in [5.74, 6) is 0.761. The van der Waals surface area contributed by atoms with Crippen molar-refractivity contribution in [2.45, 2.75) is 18.8 Å². The van der Waals surface area contributed by atoms with E-state index in [1.54, 1.807) is 12.1 Å². The van der Waals surface area contributed by atoms with Gasteiger partial charge in [-0.1, -0.05) is 5.16 Å². The van der Waals surface area contributed by atoms with Crippen LogP contribution in [0.15, 0.2) is 28.8 Å². The Balaban J connectivity index is 1.60. The molecule has 1 aromatic carbocycles. The molecule has 4 rings (SSSR count). The van der Waals surface area contributed by atoms with E-state index >= 15 is 0 Å². The third kappa shape index (κ3) is 3.66. The molecule has 1 atom stereocenters. The zero-order valence-corrected chi connectivity index (χ0v) is 16.2. The molecule has 0 aliphatic carbocycles. The minimum absolute atomic E-state index is 0.0239. The number of carbonyl (C=O) groups is 1. The van der Waals surface area contributed by atoms with Gasteiger partial charge < -0.3 is 19.1 Å². The molecule has 1 aromatic heterocycles. The second kappa shape index (κ2) is 7.60. The Morgan fingerprint density at radius 1 is 1.29 bits per heavy atom. The fourth-order valence-corrected chi connectivity index (χ4v) is 4.25. The zero-order chi connectivity index (χ0) is 19.7. The fourth-order valence-electron chi connectivity index (χ4n) is 4.25. The molecule has 7 nitrogen and oxygen atoms in total. The maximum atomic E-state index is 13.2. The van der Waals surface area contributed by atoms with E-state index in [-0.39, 0.29) is 23.1 Å². The number of likely N-dealkylation sites (tertiary alicyclic amines) is 1. The standard InChI is InChI=1S/C20H25FN4O3/c1-24(2)12-17(26)25-11-16(20(13-25)7-9-27-10-8-20)19-22-18(23-28-19)14-3-5-15(21)6-4-14/h3-6,16H,7-13H2,1-2H3/t16-/m0/s1. The Labute approximate surface area is 163 Å². The first-order valence-corrected chi connectivity index (χ1v) is 9.57. The number of amides is 1. The fraction of sp³-hybridized carbons (Fsp3) is 0.550. The van der Waals surface area contributed by atoms with Gasteiger partial charge in [-0.05, 0) is 51.2 Å². The van der Waals surface area contributed by atoms with Crippen molar-refractivity contribution in [3.8, 4) is 11.4 Å². The second-order valence-electron chi connectivity index (χ2n) is 8.00. The van der Waals surface area contributed by atoms with Gasteiger partial charge in [-0.2, -0.15) is 4.98 Å². The molecule has 0 bridgehead atoms. The van der Waals surface area contributed by atoms with Crippen LogP contribution in [0.2, 0.25) is 0 Å². The van der Waals surface area contributed by atoms with Gasteiger partial charge in [0.25, 0.3) is 0 Å². The number of nitrogens with zero attached hydrogens (tertiary/aromatic N) is 4. The highest BCUT2D eigenvalue weighted by Crippen LogP contribution is 2.49. The summed E-state index contributed by atoms with van der Waals surface area (Å²) < 4.78 is 24.4. The van der Waals surface area contributed by atoms with Gasteiger partial charge in [0.05, 0.1) is 12.5 Å². The average Bonchev–Trinajstić information content (AvgIpc) is 3.28. The number of benzene rings is 1. The van der Waals surface area contributed by atoms with Crippen LogP contribution in [0.5, 0.6) is 0 Å². The van der Waals surface area contributed by atoms with Crippen LogP contribution in [0.1, 0.15) is 24.7 Å². The van der Waals surface area contributed by atoms with Gasteiger partial charge in [-0.25, -0.2) is 4.39 Å². The van der Waals surface area contributed by atoms with Crippen LogP contribution in [-0.2, 0) is 9.53 Å². The monoisotopic (exact) mass is 388 g/mol. The lowest BCUT2D eigenvalue weighted by Gasteiger charge is -2.36. The number of carbonyl (C=O) groups excluding carboxylic acids is 1. The normalized spacial score (nSPS) is 21.6. The summed E-state index contributed by atoms with van der Waals surface area (Å²) in [7, 11) is 3.78. The van der Waals surface area contributed by atoms with Crippen molar-refractivity contribution in [3.63, 3.8) is 0 Å². The summed E-state index contributed by atoms with van der Waals surface area (Å²) in [4.78, 5) is 21.1. The smallest absolute Gasteiger partial charge is 0.236 e. The van der Waals surface area contributed by atoms with E-state index in [1.807, 2.05) is 23.9 Å². The van der Waals surface area contributed by atoms with E-state index in [0.29, 0.717) is 50.1 Å². The van der Waals surface area contributed by atoms with E-state index in [4.69, 9.17) is 9.26 Å². The summed E-state index contributed by atoms with van der Waals surface area (Å²) in [5.41, 5.74) is 0.600. The summed E-state index contributed by atoms with van der Waals surface area (Å²) in [5, 5.41) is 4.11. The van der Waals surface area contributed by atoms with Crippen LogP contribution in [0.25, 0.3) is 11.4 Å². The Morgan fingerprint density at radius 2 is 2.00 bits per heavy atom. The molecule has 3 heterocycles. The molecule has 2 aliphatic heterocycles. The minimum atomic E-state index is -0.306. The van der Waals surface area contributed by atoms with Crippen LogP contribution in [0.4, 0.5) is 4.39 Å². The highest BCUT2D eigenvalue weighted by molar-refractivity contribution is 5.78. The molecule has 8 heteroatoms. The lowest BCUT2D eigenvalue weighted by atomic mass is 9.72. The van der Waals surface area contributed by atoms with E-state index in [1.165, 1.54) is 12.1 Å². The van der Waals surface area contributed by atoms with E-state index in [0.717, 1.165) is 12.8 Å². The minimum Gasteiger partial charge on any atom is -0.381 e. The first-order valence-electron chi connectivity index (χ1n) is 9.57. The molecule has 1 amide bonds. The highest BCUT2D eigenvalue weighted by atomic mass is 19.1. The molecule has 2 aliphatic rings. The second-order valence-corrected chi connectivity index (χ2v) is 8.00. The quantitative estimate of drug-likeness (QED) is 0.799. The maximum absolute atomic E-state index is 13.2. The van der Waals surface area contributed by atoms with Gasteiger partial charge in [0.15, 0.2) is 0 Å². The van der Waals surface area contributed by atoms with Gasteiger partial charge in [0.2, 0.25) is 17.6 Å². The van der Waals surface area contributed by atoms with Crippen LogP contribution >= 0.6 is 0 Å². The number of hydrogen-bond donors (Lipinski definition) is 0. The van der Waals surface area contributed by atoms with E-state index in [9.17, 15) is 9.18 Å². The van der Waals surface area contributed by atoms with Crippen molar-refractivity contribution in [2.75, 3.05) is 46.9 Å². The van der Waals surface area contributed by atoms with Crippen molar-refractivity contribution in [1.29, 1.82) is 0 Å². The third-order valence-electron chi connectivity index (χ3n) is 5.78. The van der Waals surface area contributed by atoms with E-state index in [2.05, 4.69) is 10.1 Å². The Bertz CT molecular complexity index is 830. The Kier molecular flexibility index (Phi) is 5.16. The predicted molar refractivity (Wildman–Crippen MR) is 100 cm³/mol. The van der Waals surface area contributed by atoms with Crippen LogP contribution in [-0.4, -0.2) is 72.8 Å². The number of aromatic nitrogens is 2. The molecule has 150 valence electrons. The highest BCUT2D eigenvalue weighted by Gasteiger charge is 2.51. The number of ether oxygens (including phenoxy) is 1. The molecule has 2 fully saturated rings. The van der Waals surface area contributed by atoms with Crippen LogP contribution < -0.4 is 0 Å². The number of likely N-dealkylation sites (N-methyl/N-ethyl adjacent to an activating group) is 1. The van der Waals surface area contributed by atoms with Crippen LogP contribution in [0.3, 0.4) is 0 Å². The molecular formula is C20H25FN4O3. The molecular weight excluding hydrogens is 363 g/mol. The van der Waals surface area contributed by atoms with E-state index < -0.39 is 0 Å². The molecule has 1 spiro atoms. The van der Waals surface area contributed by atoms with Gasteiger partial charge in [-0.15, -0.1) is 0 Å². The summed E-state index contributed by atoms with van der Waals surface area (Å²) in [6.45, 7) is 2.97. The number of hydrogen-bond acceptors (Lipinski definition) is 6. The molecule has 2 saturated heterocycles. The largest absolute Gasteiger partial charge is 0.381 e. The van der Waals surface area contributed by atoms with Crippen molar-refractivity contribution in [3.05, 3.63) is 36.0 Å². The third-order valence-corrected chi connectivity index (χ3v) is 5.78. The van der Waals surface area contributed by atoms with Crippen molar-refractivity contribution in [1.82, 2.24) is 19.9 Å². The predicted octanol–water partition coefficient (Wildman–Crippen LogP) is 2.16. The number of rotatable bonds is 4. The SMILES string of the molecule is CN(C)CC(=O)N1C[C@@H](c2nc(-c3ccc(F)cc3)no2)C2(CCOCC2)C1. The molecule has 28 heavy (non-hydrogen) atoms. The first kappa shape index (κ1) is 19.0. The molecule has 2 aromatic rings.